The molecule has 0 unspecified atom stereocenters. The smallest absolute Gasteiger partial charge is 0.307 e. The zero-order valence-corrected chi connectivity index (χ0v) is 60.3. The number of oxime groups is 2. The second kappa shape index (κ2) is 46.0. The molecule has 0 saturated heterocycles. The van der Waals surface area contributed by atoms with Crippen LogP contribution in [0.5, 0.6) is 0 Å². The standard InChI is InChI=1S/C27H36N4O5.C27H33N3O4.C22H28N4O3.ClH.H3NO/c1-18(25(33)29-17-20-11-13-21(14-12-20)24(28)31-35)30-26(34)22(16-23(32)36-27(2,3)4)15-10-19-8-6-5-7-9-19;1-19(25(32)29-18-22-12-10-21(17-28)11-13-22)30-26(33)23(16-24(31)34-27(2,3)4)15-14-20-8-6-5-7-9-20;1-15(13-20(27)19(23)12-9-16-5-3-2-4-6-16)22(28)25-14-17-7-10-18(11-8-17)21(24)26-29;;1-2/h5-9,11-14,18,22,35H,10,15-17H2,1-4H3,(H2,28,31)(H,29,33)(H,30,34);5-13,19,23H,14-16,18H2,1-4H3,(H,29,32)(H,30,33);2-8,10-11,15,19,29H,9,12-14,23H2,1H3,(H2,24,26)(H,25,28);1H;2H,1H2/t18-,22-;19-,23-;15-,19-;;/m001../s1. The molecule has 0 saturated carbocycles. The molecule has 0 aliphatic carbocycles. The van der Waals surface area contributed by atoms with Gasteiger partial charge in [0.15, 0.2) is 11.7 Å². The lowest BCUT2D eigenvalue weighted by Crippen LogP contribution is -2.47. The molecule has 6 rings (SSSR count). The topological polar surface area (TPSA) is 428 Å². The van der Waals surface area contributed by atoms with Gasteiger partial charge in [-0.3, -0.25) is 38.4 Å². The van der Waals surface area contributed by atoms with E-state index in [-0.39, 0.29) is 91.7 Å². The maximum absolute atomic E-state index is 13.0. The molecule has 0 spiro atoms. The molecule has 6 aromatic rings. The van der Waals surface area contributed by atoms with Crippen molar-refractivity contribution >= 4 is 71.3 Å². The second-order valence-corrected chi connectivity index (χ2v) is 26.0. The van der Waals surface area contributed by atoms with Gasteiger partial charge in [-0.15, -0.1) is 12.4 Å². The minimum atomic E-state index is -0.799. The van der Waals surface area contributed by atoms with Crippen molar-refractivity contribution in [3.63, 3.8) is 0 Å². The number of amidine groups is 2. The molecule has 0 aliphatic heterocycles. The van der Waals surface area contributed by atoms with Gasteiger partial charge in [-0.2, -0.15) is 5.26 Å². The number of nitrogens with zero attached hydrogens (tertiary/aromatic N) is 3. The fourth-order valence-electron chi connectivity index (χ4n) is 9.71. The van der Waals surface area contributed by atoms with Gasteiger partial charge in [-0.05, 0) is 139 Å². The Balaban J connectivity index is 0.000000514. The van der Waals surface area contributed by atoms with Crippen LogP contribution in [0.1, 0.15) is 151 Å². The molecule has 0 bridgehead atoms. The van der Waals surface area contributed by atoms with Gasteiger partial charge in [-0.25, -0.2) is 5.90 Å². The zero-order chi connectivity index (χ0) is 75.1. The van der Waals surface area contributed by atoms with Crippen LogP contribution in [-0.4, -0.2) is 104 Å². The quantitative estimate of drug-likeness (QED) is 0.00640. The van der Waals surface area contributed by atoms with E-state index in [1.54, 1.807) is 135 Å². The van der Waals surface area contributed by atoms with Gasteiger partial charge in [-0.1, -0.05) is 169 Å². The van der Waals surface area contributed by atoms with E-state index in [0.717, 1.165) is 39.8 Å². The average Bonchev–Trinajstić information content (AvgIpc) is 0.910. The van der Waals surface area contributed by atoms with Gasteiger partial charge in [0.2, 0.25) is 29.5 Å². The van der Waals surface area contributed by atoms with Crippen LogP contribution < -0.4 is 49.7 Å². The van der Waals surface area contributed by atoms with Crippen molar-refractivity contribution in [1.29, 1.82) is 5.26 Å². The zero-order valence-electron chi connectivity index (χ0n) is 59.5. The van der Waals surface area contributed by atoms with Crippen LogP contribution in [-0.2, 0) is 86.7 Å². The fourth-order valence-corrected chi connectivity index (χ4v) is 9.71. The lowest BCUT2D eigenvalue weighted by atomic mass is 9.95. The number of rotatable bonds is 31. The van der Waals surface area contributed by atoms with Crippen LogP contribution >= 0.6 is 12.4 Å². The summed E-state index contributed by atoms with van der Waals surface area (Å²) in [5, 5.41) is 52.5. The predicted octanol–water partition coefficient (Wildman–Crippen LogP) is 8.25. The number of halogens is 1. The lowest BCUT2D eigenvalue weighted by Gasteiger charge is -2.23. The number of amides is 5. The van der Waals surface area contributed by atoms with Gasteiger partial charge in [0, 0.05) is 54.9 Å². The maximum Gasteiger partial charge on any atom is 0.307 e. The van der Waals surface area contributed by atoms with Crippen molar-refractivity contribution in [3.05, 3.63) is 214 Å². The SMILES string of the molecule is C[C@H](CC(=O)[C@H](N)CCc1ccccc1)C(=O)NCc1ccc(C(N)=NO)cc1.C[C@H](NC(=O)[C@@H](CCc1ccccc1)CC(=O)OC(C)(C)C)C(=O)NCc1ccc(C#N)cc1.C[C@H](NC(=O)[C@@H](CCc1ccccc1)CC(=O)OC(C)(C)C)C(=O)NCc1ccc(C(N)=NO)cc1.Cl.NO. The Morgan fingerprint density at radius 3 is 1.09 bits per heavy atom. The highest BCUT2D eigenvalue weighted by molar-refractivity contribution is 5.98. The third kappa shape index (κ3) is 35.0. The number of esters is 2. The Bertz CT molecular complexity index is 3660. The Hall–Kier alpha value is -10.5. The van der Waals surface area contributed by atoms with E-state index in [9.17, 15) is 38.4 Å². The Morgan fingerprint density at radius 1 is 0.461 bits per heavy atom. The number of nitriles is 1. The van der Waals surface area contributed by atoms with Crippen molar-refractivity contribution in [2.24, 2.45) is 51.2 Å². The van der Waals surface area contributed by atoms with Gasteiger partial charge in [0.1, 0.15) is 29.1 Å². The number of aryl methyl sites for hydroxylation is 3. The molecule has 0 fully saturated rings. The number of hydrogen-bond donors (Lipinski definition) is 12. The first-order valence-electron chi connectivity index (χ1n) is 33.1. The minimum absolute atomic E-state index is 0. The largest absolute Gasteiger partial charge is 0.460 e. The molecule has 0 radical (unpaired) electrons. The van der Waals surface area contributed by atoms with Gasteiger partial charge in [0.25, 0.3) is 0 Å². The molecule has 5 amide bonds. The van der Waals surface area contributed by atoms with E-state index >= 15 is 0 Å². The normalized spacial score (nSPS) is 12.9. The van der Waals surface area contributed by atoms with E-state index in [4.69, 9.17) is 47.6 Å². The molecule has 0 aliphatic rings. The average molecular weight is 1430 g/mol. The summed E-state index contributed by atoms with van der Waals surface area (Å²) in [6, 6.07) is 49.9. The molecule has 102 heavy (non-hydrogen) atoms. The van der Waals surface area contributed by atoms with Crippen LogP contribution in [0.4, 0.5) is 0 Å². The summed E-state index contributed by atoms with van der Waals surface area (Å²) in [6.07, 6.45) is 3.41. The molecular weight excluding hydrogens is 1320 g/mol. The highest BCUT2D eigenvalue weighted by atomic mass is 35.5. The first-order chi connectivity index (χ1) is 47.9. The summed E-state index contributed by atoms with van der Waals surface area (Å²) in [5.74, 6) is -0.828. The molecule has 0 aromatic heterocycles. The highest BCUT2D eigenvalue weighted by Gasteiger charge is 2.30. The van der Waals surface area contributed by atoms with Gasteiger partial charge >= 0.3 is 11.9 Å². The summed E-state index contributed by atoms with van der Waals surface area (Å²) in [7, 11) is 0. The summed E-state index contributed by atoms with van der Waals surface area (Å²) in [6.45, 7) is 16.4. The molecule has 25 nitrogen and oxygen atoms in total. The number of nitrogens with two attached hydrogens (primary N) is 4. The first kappa shape index (κ1) is 87.6. The predicted molar refractivity (Wildman–Crippen MR) is 392 cm³/mol. The van der Waals surface area contributed by atoms with E-state index in [1.807, 2.05) is 97.1 Å². The molecule has 6 aromatic carbocycles. The number of benzene rings is 6. The second-order valence-electron chi connectivity index (χ2n) is 26.0. The number of ketones is 1. The number of carbonyl (C=O) groups excluding carboxylic acids is 8. The summed E-state index contributed by atoms with van der Waals surface area (Å²) in [5.41, 5.74) is 23.3. The van der Waals surface area contributed by atoms with Crippen LogP contribution in [0.2, 0.25) is 0 Å². The minimum Gasteiger partial charge on any atom is -0.460 e. The van der Waals surface area contributed by atoms with Crippen molar-refractivity contribution in [1.82, 2.24) is 26.6 Å². The molecule has 16 N–H and O–H groups in total. The monoisotopic (exact) mass is 1420 g/mol. The summed E-state index contributed by atoms with van der Waals surface area (Å²) < 4.78 is 10.8. The van der Waals surface area contributed by atoms with Crippen LogP contribution in [0, 0.1) is 29.1 Å². The molecule has 550 valence electrons. The van der Waals surface area contributed by atoms with Crippen LogP contribution in [0.3, 0.4) is 0 Å². The van der Waals surface area contributed by atoms with E-state index in [2.05, 4.69) is 42.8 Å². The first-order valence-corrected chi connectivity index (χ1v) is 33.1. The van der Waals surface area contributed by atoms with Crippen LogP contribution in [0.25, 0.3) is 0 Å². The van der Waals surface area contributed by atoms with E-state index in [0.29, 0.717) is 55.3 Å². The third-order valence-electron chi connectivity index (χ3n) is 15.3. The molecule has 6 atom stereocenters. The highest BCUT2D eigenvalue weighted by Crippen LogP contribution is 2.21. The van der Waals surface area contributed by atoms with Crippen molar-refractivity contribution in [3.8, 4) is 6.07 Å². The summed E-state index contributed by atoms with van der Waals surface area (Å²) >= 11 is 0. The number of hydrogen-bond acceptors (Lipinski definition) is 18. The van der Waals surface area contributed by atoms with Gasteiger partial charge in [0.05, 0.1) is 30.5 Å². The number of Topliss-reactive ketones (excluding diaryl/α,β-unsaturated/α-hetero) is 1. The van der Waals surface area contributed by atoms with Gasteiger partial charge < -0.3 is 68.9 Å². The Kier molecular flexibility index (Phi) is 39.5. The van der Waals surface area contributed by atoms with Crippen molar-refractivity contribution in [2.75, 3.05) is 0 Å². The molecular formula is C76H101ClN12O13. The van der Waals surface area contributed by atoms with Crippen molar-refractivity contribution < 1.29 is 63.5 Å². The van der Waals surface area contributed by atoms with Crippen molar-refractivity contribution in [2.45, 2.75) is 169 Å². The molecule has 0 heterocycles. The molecule has 26 heteroatoms. The van der Waals surface area contributed by atoms with E-state index < -0.39 is 59.0 Å². The number of nitrogens with one attached hydrogen (secondary N) is 5. The number of ether oxygens (including phenoxy) is 2. The Morgan fingerprint density at radius 2 is 0.775 bits per heavy atom. The third-order valence-corrected chi connectivity index (χ3v) is 15.3. The summed E-state index contributed by atoms with van der Waals surface area (Å²) in [4.78, 5) is 101. The maximum atomic E-state index is 13.0. The number of carbonyl (C=O) groups is 8. The van der Waals surface area contributed by atoms with Crippen LogP contribution in [0.15, 0.2) is 174 Å². The lowest BCUT2D eigenvalue weighted by molar-refractivity contribution is -0.158. The Labute approximate surface area is 604 Å². The fraction of sp³-hybridized carbons (Fsp3) is 0.382. The van der Waals surface area contributed by atoms with E-state index in [1.165, 1.54) is 0 Å².